The van der Waals surface area contributed by atoms with E-state index in [-0.39, 0.29) is 0 Å². The van der Waals surface area contributed by atoms with Crippen LogP contribution in [-0.2, 0) is 0 Å². The molecule has 4 N–H and O–H groups in total. The standard InChI is InChI=1S/C26H28N6O/c1-4-18(24-16-30-26(32-24)22-7-3-13-28-22)14-20(5-1)33-19-10-8-17(9-11-19)23-15-29-25(31-23)21-6-2-12-27-21/h1,4-5,8-11,14-16,21-22,27-28H,2-3,6-7,12-13H2,(H,29,31)(H,30,32)/t21-,22-/m0/s1. The Morgan fingerprint density at radius 1 is 0.818 bits per heavy atom. The van der Waals surface area contributed by atoms with Crippen molar-refractivity contribution < 1.29 is 4.74 Å². The second-order valence-electron chi connectivity index (χ2n) is 8.81. The van der Waals surface area contributed by atoms with Gasteiger partial charge < -0.3 is 25.3 Å². The van der Waals surface area contributed by atoms with Gasteiger partial charge in [0.1, 0.15) is 23.1 Å². The Hall–Kier alpha value is -3.42. The number of nitrogens with one attached hydrogen (secondary N) is 4. The molecule has 0 radical (unpaired) electrons. The molecule has 2 fully saturated rings. The summed E-state index contributed by atoms with van der Waals surface area (Å²) in [5, 5.41) is 6.97. The number of ether oxygens (including phenoxy) is 1. The molecule has 168 valence electrons. The van der Waals surface area contributed by atoms with Gasteiger partial charge in [0.2, 0.25) is 0 Å². The van der Waals surface area contributed by atoms with Gasteiger partial charge in [0, 0.05) is 11.8 Å². The normalized spacial score (nSPS) is 20.4. The van der Waals surface area contributed by atoms with E-state index in [9.17, 15) is 0 Å². The minimum Gasteiger partial charge on any atom is -0.457 e. The molecule has 2 aromatic heterocycles. The van der Waals surface area contributed by atoms with Crippen LogP contribution in [-0.4, -0.2) is 33.0 Å². The molecule has 2 saturated heterocycles. The Labute approximate surface area is 193 Å². The van der Waals surface area contributed by atoms with E-state index >= 15 is 0 Å². The Morgan fingerprint density at radius 3 is 2.36 bits per heavy atom. The first-order valence-corrected chi connectivity index (χ1v) is 11.8. The SMILES string of the molecule is c1cc(Oc2ccc(-c3cnc([C@@H]4CCCN4)[nH]3)cc2)cc(-c2c[nH]c([C@@H]3CCCN3)n2)c1. The van der Waals surface area contributed by atoms with Gasteiger partial charge in [0.05, 0.1) is 29.7 Å². The summed E-state index contributed by atoms with van der Waals surface area (Å²) in [7, 11) is 0. The maximum Gasteiger partial charge on any atom is 0.128 e. The van der Waals surface area contributed by atoms with Crippen LogP contribution >= 0.6 is 0 Å². The van der Waals surface area contributed by atoms with Crippen molar-refractivity contribution in [1.29, 1.82) is 0 Å². The Kier molecular flexibility index (Phi) is 5.41. The fourth-order valence-electron chi connectivity index (χ4n) is 4.72. The van der Waals surface area contributed by atoms with Gasteiger partial charge in [-0.25, -0.2) is 9.97 Å². The molecule has 0 spiro atoms. The summed E-state index contributed by atoms with van der Waals surface area (Å²) < 4.78 is 6.14. The third kappa shape index (κ3) is 4.29. The topological polar surface area (TPSA) is 90.6 Å². The summed E-state index contributed by atoms with van der Waals surface area (Å²) >= 11 is 0. The zero-order valence-electron chi connectivity index (χ0n) is 18.5. The fourth-order valence-corrected chi connectivity index (χ4v) is 4.72. The first kappa shape index (κ1) is 20.2. The molecule has 4 heterocycles. The molecule has 7 nitrogen and oxygen atoms in total. The highest BCUT2D eigenvalue weighted by Crippen LogP contribution is 2.30. The van der Waals surface area contributed by atoms with Crippen molar-refractivity contribution in [2.75, 3.05) is 13.1 Å². The van der Waals surface area contributed by atoms with Crippen molar-refractivity contribution in [2.24, 2.45) is 0 Å². The average Bonchev–Trinajstić information content (AvgIpc) is 3.65. The van der Waals surface area contributed by atoms with Gasteiger partial charge in [-0.2, -0.15) is 0 Å². The first-order valence-electron chi connectivity index (χ1n) is 11.8. The number of H-pyrrole nitrogens is 2. The largest absolute Gasteiger partial charge is 0.457 e. The van der Waals surface area contributed by atoms with Gasteiger partial charge in [-0.3, -0.25) is 0 Å². The van der Waals surface area contributed by atoms with Crippen LogP contribution in [0.3, 0.4) is 0 Å². The molecule has 2 aromatic carbocycles. The summed E-state index contributed by atoms with van der Waals surface area (Å²) in [6.45, 7) is 2.12. The minimum atomic E-state index is 0.331. The number of benzene rings is 2. The third-order valence-electron chi connectivity index (χ3n) is 6.50. The maximum atomic E-state index is 6.14. The van der Waals surface area contributed by atoms with Crippen molar-refractivity contribution in [2.45, 2.75) is 37.8 Å². The molecule has 33 heavy (non-hydrogen) atoms. The molecule has 0 amide bonds. The summed E-state index contributed by atoms with van der Waals surface area (Å²) in [4.78, 5) is 16.2. The highest BCUT2D eigenvalue weighted by molar-refractivity contribution is 5.62. The number of aromatic amines is 2. The lowest BCUT2D eigenvalue weighted by Gasteiger charge is -2.08. The van der Waals surface area contributed by atoms with E-state index in [1.54, 1.807) is 0 Å². The van der Waals surface area contributed by atoms with Gasteiger partial charge in [0.25, 0.3) is 0 Å². The lowest BCUT2D eigenvalue weighted by atomic mass is 10.1. The molecular formula is C26H28N6O. The third-order valence-corrected chi connectivity index (χ3v) is 6.50. The van der Waals surface area contributed by atoms with Crippen molar-refractivity contribution in [3.63, 3.8) is 0 Å². The Balaban J connectivity index is 1.15. The second kappa shape index (κ2) is 8.84. The van der Waals surface area contributed by atoms with Crippen molar-refractivity contribution in [3.05, 3.63) is 72.6 Å². The Bertz CT molecular complexity index is 1220. The van der Waals surface area contributed by atoms with Gasteiger partial charge in [-0.15, -0.1) is 0 Å². The van der Waals surface area contributed by atoms with E-state index in [0.717, 1.165) is 71.6 Å². The molecule has 0 aliphatic carbocycles. The van der Waals surface area contributed by atoms with E-state index in [1.165, 1.54) is 12.8 Å². The van der Waals surface area contributed by atoms with E-state index in [2.05, 4.69) is 43.8 Å². The van der Waals surface area contributed by atoms with E-state index in [1.807, 2.05) is 42.7 Å². The number of hydrogen-bond acceptors (Lipinski definition) is 5. The lowest BCUT2D eigenvalue weighted by Crippen LogP contribution is -2.14. The average molecular weight is 441 g/mol. The van der Waals surface area contributed by atoms with Crippen molar-refractivity contribution in [3.8, 4) is 34.0 Å². The zero-order chi connectivity index (χ0) is 22.0. The molecule has 0 unspecified atom stereocenters. The second-order valence-corrected chi connectivity index (χ2v) is 8.81. The van der Waals surface area contributed by atoms with Crippen LogP contribution in [0, 0.1) is 0 Å². The van der Waals surface area contributed by atoms with Crippen LogP contribution in [0.2, 0.25) is 0 Å². The molecule has 0 bridgehead atoms. The van der Waals surface area contributed by atoms with E-state index in [0.29, 0.717) is 12.1 Å². The molecule has 6 rings (SSSR count). The van der Waals surface area contributed by atoms with Gasteiger partial charge in [-0.05, 0) is 80.7 Å². The zero-order valence-corrected chi connectivity index (χ0v) is 18.5. The maximum absolute atomic E-state index is 6.14. The van der Waals surface area contributed by atoms with Crippen LogP contribution in [0.5, 0.6) is 11.5 Å². The smallest absolute Gasteiger partial charge is 0.128 e. The minimum absolute atomic E-state index is 0.331. The van der Waals surface area contributed by atoms with Gasteiger partial charge >= 0.3 is 0 Å². The summed E-state index contributed by atoms with van der Waals surface area (Å²) in [5.41, 5.74) is 4.09. The van der Waals surface area contributed by atoms with Crippen LogP contribution in [0.15, 0.2) is 60.9 Å². The number of nitrogens with zero attached hydrogens (tertiary/aromatic N) is 2. The highest BCUT2D eigenvalue weighted by Gasteiger charge is 2.20. The monoisotopic (exact) mass is 440 g/mol. The van der Waals surface area contributed by atoms with Crippen LogP contribution in [0.4, 0.5) is 0 Å². The van der Waals surface area contributed by atoms with E-state index < -0.39 is 0 Å². The quantitative estimate of drug-likeness (QED) is 0.335. The van der Waals surface area contributed by atoms with E-state index in [4.69, 9.17) is 9.72 Å². The molecule has 2 aliphatic rings. The molecule has 4 aromatic rings. The first-order chi connectivity index (χ1) is 16.3. The predicted molar refractivity (Wildman–Crippen MR) is 128 cm³/mol. The highest BCUT2D eigenvalue weighted by atomic mass is 16.5. The van der Waals surface area contributed by atoms with Crippen LogP contribution in [0.1, 0.15) is 49.4 Å². The van der Waals surface area contributed by atoms with Crippen LogP contribution < -0.4 is 15.4 Å². The number of hydrogen-bond donors (Lipinski definition) is 4. The molecule has 2 atom stereocenters. The van der Waals surface area contributed by atoms with Crippen molar-refractivity contribution in [1.82, 2.24) is 30.6 Å². The number of imidazole rings is 2. The lowest BCUT2D eigenvalue weighted by molar-refractivity contribution is 0.483. The fraction of sp³-hybridized carbons (Fsp3) is 0.308. The summed E-state index contributed by atoms with van der Waals surface area (Å²) in [6.07, 6.45) is 8.55. The van der Waals surface area contributed by atoms with Crippen LogP contribution in [0.25, 0.3) is 22.5 Å². The Morgan fingerprint density at radius 2 is 1.61 bits per heavy atom. The summed E-state index contributed by atoms with van der Waals surface area (Å²) in [6, 6.07) is 16.9. The summed E-state index contributed by atoms with van der Waals surface area (Å²) in [5.74, 6) is 3.62. The molecule has 0 saturated carbocycles. The molecule has 2 aliphatic heterocycles. The predicted octanol–water partition coefficient (Wildman–Crippen LogP) is 5.11. The molecular weight excluding hydrogens is 412 g/mol. The van der Waals surface area contributed by atoms with Crippen molar-refractivity contribution >= 4 is 0 Å². The van der Waals surface area contributed by atoms with Gasteiger partial charge in [-0.1, -0.05) is 12.1 Å². The van der Waals surface area contributed by atoms with Gasteiger partial charge in [0.15, 0.2) is 0 Å². The number of rotatable bonds is 6. The molecule has 7 heteroatoms. The number of aromatic nitrogens is 4.